The summed E-state index contributed by atoms with van der Waals surface area (Å²) in [4.78, 5) is 4.34. The number of benzene rings is 2. The Morgan fingerprint density at radius 3 is 2.81 bits per heavy atom. The van der Waals surface area contributed by atoms with Crippen molar-refractivity contribution in [3.63, 3.8) is 0 Å². The van der Waals surface area contributed by atoms with Crippen LogP contribution in [0.5, 0.6) is 0 Å². The van der Waals surface area contributed by atoms with E-state index in [2.05, 4.69) is 26.2 Å². The number of aliphatic hydroxyl groups excluding tert-OH is 1. The number of aliphatic imine (C=N–C) groups is 1. The monoisotopic (exact) mass is 368 g/mol. The van der Waals surface area contributed by atoms with Crippen LogP contribution in [0.4, 0.5) is 10.1 Å². The van der Waals surface area contributed by atoms with E-state index in [-0.39, 0.29) is 12.4 Å². The van der Waals surface area contributed by atoms with E-state index in [1.165, 1.54) is 6.07 Å². The summed E-state index contributed by atoms with van der Waals surface area (Å²) < 4.78 is 14.8. The lowest BCUT2D eigenvalue weighted by Gasteiger charge is -2.15. The van der Waals surface area contributed by atoms with Crippen LogP contribution in [0.1, 0.15) is 11.1 Å². The van der Waals surface area contributed by atoms with Gasteiger partial charge in [-0.25, -0.2) is 4.39 Å². The van der Waals surface area contributed by atoms with Crippen molar-refractivity contribution >= 4 is 38.9 Å². The van der Waals surface area contributed by atoms with E-state index in [4.69, 9.17) is 11.6 Å². The summed E-state index contributed by atoms with van der Waals surface area (Å²) in [5.74, 6) is -0.380. The molecule has 0 radical (unpaired) electrons. The SMILES string of the molecule is OC1CN=C(c2ccccc2F)c2c(ccc(Br)c2Cl)N1. The van der Waals surface area contributed by atoms with Crippen LogP contribution in [0.25, 0.3) is 0 Å². The van der Waals surface area contributed by atoms with E-state index in [1.54, 1.807) is 30.3 Å². The van der Waals surface area contributed by atoms with Crippen molar-refractivity contribution in [3.8, 4) is 0 Å². The molecule has 2 aromatic rings. The van der Waals surface area contributed by atoms with Crippen LogP contribution in [0.3, 0.4) is 0 Å². The minimum atomic E-state index is -0.842. The second-order valence-corrected chi connectivity index (χ2v) is 5.85. The summed E-state index contributed by atoms with van der Waals surface area (Å²) in [5, 5.41) is 13.2. The first-order valence-electron chi connectivity index (χ1n) is 6.30. The molecule has 0 amide bonds. The maximum atomic E-state index is 14.1. The number of hydrogen-bond donors (Lipinski definition) is 2. The Balaban J connectivity index is 2.27. The lowest BCUT2D eigenvalue weighted by Crippen LogP contribution is -2.20. The van der Waals surface area contributed by atoms with Gasteiger partial charge in [-0.15, -0.1) is 0 Å². The minimum Gasteiger partial charge on any atom is -0.372 e. The van der Waals surface area contributed by atoms with Crippen LogP contribution >= 0.6 is 27.5 Å². The Kier molecular flexibility index (Phi) is 3.97. The zero-order chi connectivity index (χ0) is 15.0. The van der Waals surface area contributed by atoms with Crippen LogP contribution in [-0.2, 0) is 0 Å². The van der Waals surface area contributed by atoms with E-state index in [0.29, 0.717) is 32.0 Å². The number of nitrogens with zero attached hydrogens (tertiary/aromatic N) is 1. The second-order valence-electron chi connectivity index (χ2n) is 4.61. The summed E-state index contributed by atoms with van der Waals surface area (Å²) in [6.07, 6.45) is -0.842. The third-order valence-electron chi connectivity index (χ3n) is 3.21. The Bertz CT molecular complexity index is 736. The fourth-order valence-electron chi connectivity index (χ4n) is 2.26. The Labute approximate surface area is 134 Å². The van der Waals surface area contributed by atoms with Gasteiger partial charge in [0.2, 0.25) is 0 Å². The zero-order valence-electron chi connectivity index (χ0n) is 10.8. The number of nitrogens with one attached hydrogen (secondary N) is 1. The first-order chi connectivity index (χ1) is 10.1. The molecule has 0 saturated heterocycles. The van der Waals surface area contributed by atoms with Crippen molar-refractivity contribution in [2.75, 3.05) is 11.9 Å². The van der Waals surface area contributed by atoms with Crippen LogP contribution in [0.15, 0.2) is 45.9 Å². The molecule has 2 aromatic carbocycles. The molecule has 0 aliphatic carbocycles. The van der Waals surface area contributed by atoms with Crippen molar-refractivity contribution < 1.29 is 9.50 Å². The summed E-state index contributed by atoms with van der Waals surface area (Å²) in [5.41, 5.74) is 1.98. The zero-order valence-corrected chi connectivity index (χ0v) is 13.1. The summed E-state index contributed by atoms with van der Waals surface area (Å²) in [6, 6.07) is 9.92. The van der Waals surface area contributed by atoms with Gasteiger partial charge < -0.3 is 10.4 Å². The molecule has 0 saturated carbocycles. The number of benzodiazepines with no additional fused rings is 1. The van der Waals surface area contributed by atoms with Gasteiger partial charge in [0.05, 0.1) is 17.3 Å². The van der Waals surface area contributed by atoms with Crippen molar-refractivity contribution in [1.82, 2.24) is 0 Å². The van der Waals surface area contributed by atoms with Crippen LogP contribution in [0, 0.1) is 5.82 Å². The molecule has 108 valence electrons. The molecule has 2 N–H and O–H groups in total. The highest BCUT2D eigenvalue weighted by Crippen LogP contribution is 2.35. The number of anilines is 1. The number of halogens is 3. The molecule has 1 aliphatic rings. The molecule has 6 heteroatoms. The first kappa shape index (κ1) is 14.5. The summed E-state index contributed by atoms with van der Waals surface area (Å²) in [6.45, 7) is 0.117. The van der Waals surface area contributed by atoms with Gasteiger partial charge in [0.25, 0.3) is 0 Å². The highest BCUT2D eigenvalue weighted by molar-refractivity contribution is 9.10. The van der Waals surface area contributed by atoms with Crippen LogP contribution in [0.2, 0.25) is 5.02 Å². The normalized spacial score (nSPS) is 17.5. The van der Waals surface area contributed by atoms with E-state index in [9.17, 15) is 9.50 Å². The third-order valence-corrected chi connectivity index (χ3v) is 4.49. The fraction of sp³-hybridized carbons (Fsp3) is 0.133. The molecule has 3 nitrogen and oxygen atoms in total. The van der Waals surface area contributed by atoms with Gasteiger partial charge in [-0.3, -0.25) is 4.99 Å². The van der Waals surface area contributed by atoms with Gasteiger partial charge in [0, 0.05) is 21.3 Å². The van der Waals surface area contributed by atoms with E-state index in [1.807, 2.05) is 0 Å². The van der Waals surface area contributed by atoms with E-state index in [0.717, 1.165) is 0 Å². The minimum absolute atomic E-state index is 0.117. The smallest absolute Gasteiger partial charge is 0.144 e. The molecule has 1 unspecified atom stereocenters. The van der Waals surface area contributed by atoms with Gasteiger partial charge in [-0.2, -0.15) is 0 Å². The molecule has 1 heterocycles. The quantitative estimate of drug-likeness (QED) is 0.802. The Morgan fingerprint density at radius 1 is 1.29 bits per heavy atom. The summed E-state index contributed by atoms with van der Waals surface area (Å²) in [7, 11) is 0. The molecule has 1 aliphatic heterocycles. The first-order valence-corrected chi connectivity index (χ1v) is 7.47. The number of rotatable bonds is 1. The van der Waals surface area contributed by atoms with Gasteiger partial charge in [0.15, 0.2) is 0 Å². The molecular formula is C15H11BrClFN2O. The van der Waals surface area contributed by atoms with Gasteiger partial charge >= 0.3 is 0 Å². The van der Waals surface area contributed by atoms with Crippen molar-refractivity contribution in [3.05, 3.63) is 62.8 Å². The van der Waals surface area contributed by atoms with Crippen molar-refractivity contribution in [1.29, 1.82) is 0 Å². The average molecular weight is 370 g/mol. The Morgan fingerprint density at radius 2 is 2.05 bits per heavy atom. The predicted octanol–water partition coefficient (Wildman–Crippen LogP) is 3.82. The summed E-state index contributed by atoms with van der Waals surface area (Å²) >= 11 is 9.72. The van der Waals surface area contributed by atoms with E-state index < -0.39 is 6.23 Å². The molecule has 1 atom stereocenters. The van der Waals surface area contributed by atoms with Crippen LogP contribution < -0.4 is 5.32 Å². The number of fused-ring (bicyclic) bond motifs is 1. The molecule has 0 aromatic heterocycles. The van der Waals surface area contributed by atoms with Gasteiger partial charge in [-0.1, -0.05) is 23.7 Å². The number of hydrogen-bond acceptors (Lipinski definition) is 3. The maximum absolute atomic E-state index is 14.1. The average Bonchev–Trinajstić information content (AvgIpc) is 2.63. The highest BCUT2D eigenvalue weighted by atomic mass is 79.9. The predicted molar refractivity (Wildman–Crippen MR) is 85.7 cm³/mol. The lowest BCUT2D eigenvalue weighted by molar-refractivity contribution is 0.213. The van der Waals surface area contributed by atoms with Gasteiger partial charge in [0.1, 0.15) is 12.0 Å². The molecule has 0 bridgehead atoms. The molecule has 3 rings (SSSR count). The molecule has 0 fully saturated rings. The largest absolute Gasteiger partial charge is 0.372 e. The van der Waals surface area contributed by atoms with Gasteiger partial charge in [-0.05, 0) is 40.2 Å². The second kappa shape index (κ2) is 5.75. The van der Waals surface area contributed by atoms with Crippen LogP contribution in [-0.4, -0.2) is 23.6 Å². The molecular weight excluding hydrogens is 359 g/mol. The number of aliphatic hydroxyl groups is 1. The van der Waals surface area contributed by atoms with Crippen molar-refractivity contribution in [2.45, 2.75) is 6.23 Å². The third kappa shape index (κ3) is 2.69. The molecule has 21 heavy (non-hydrogen) atoms. The lowest BCUT2D eigenvalue weighted by atomic mass is 10.00. The Hall–Kier alpha value is -1.43. The molecule has 0 spiro atoms. The highest BCUT2D eigenvalue weighted by Gasteiger charge is 2.23. The van der Waals surface area contributed by atoms with E-state index >= 15 is 0 Å². The van der Waals surface area contributed by atoms with Crippen molar-refractivity contribution in [2.24, 2.45) is 4.99 Å². The standard InChI is InChI=1S/C15H11BrClFN2O/c16-9-5-6-11-13(14(9)17)15(19-7-12(21)20-11)8-3-1-2-4-10(8)18/h1-6,12,20-21H,7H2. The fourth-order valence-corrected chi connectivity index (χ4v) is 2.84. The maximum Gasteiger partial charge on any atom is 0.144 e. The topological polar surface area (TPSA) is 44.6 Å².